The van der Waals surface area contributed by atoms with Gasteiger partial charge in [0, 0.05) is 12.1 Å². The van der Waals surface area contributed by atoms with E-state index in [0.29, 0.717) is 41.2 Å². The van der Waals surface area contributed by atoms with Gasteiger partial charge < -0.3 is 9.47 Å². The molecule has 1 aliphatic heterocycles. The topological polar surface area (TPSA) is 66.2 Å². The lowest BCUT2D eigenvalue weighted by atomic mass is 10.1. The van der Waals surface area contributed by atoms with Gasteiger partial charge in [-0.2, -0.15) is 0 Å². The van der Waals surface area contributed by atoms with Crippen LogP contribution < -0.4 is 9.47 Å². The van der Waals surface area contributed by atoms with Gasteiger partial charge in [0.2, 0.25) is 0 Å². The number of carbonyl (C=O) groups is 1. The van der Waals surface area contributed by atoms with Crippen molar-refractivity contribution in [2.24, 2.45) is 0 Å². The third-order valence-corrected chi connectivity index (χ3v) is 6.22. The Morgan fingerprint density at radius 1 is 1.06 bits per heavy atom. The van der Waals surface area contributed by atoms with E-state index in [1.54, 1.807) is 6.08 Å². The van der Waals surface area contributed by atoms with Crippen molar-refractivity contribution >= 4 is 28.3 Å². The molecule has 0 saturated heterocycles. The van der Waals surface area contributed by atoms with E-state index in [1.807, 2.05) is 71.3 Å². The summed E-state index contributed by atoms with van der Waals surface area (Å²) in [4.78, 5) is 12.8. The lowest BCUT2D eigenvalue weighted by molar-refractivity contribution is 0.0821. The van der Waals surface area contributed by atoms with E-state index >= 15 is 0 Å². The molecule has 3 aromatic carbocycles. The van der Waals surface area contributed by atoms with Crippen LogP contribution in [-0.4, -0.2) is 32.9 Å². The molecule has 0 amide bonds. The largest absolute Gasteiger partial charge is 0.485 e. The Hall–Kier alpha value is -3.58. The summed E-state index contributed by atoms with van der Waals surface area (Å²) >= 11 is 1.36. The number of aromatic nitrogens is 3. The van der Waals surface area contributed by atoms with Crippen molar-refractivity contribution in [3.63, 3.8) is 0 Å². The van der Waals surface area contributed by atoms with Crippen LogP contribution in [-0.2, 0) is 6.54 Å². The molecule has 1 atom stereocenters. The smallest absolute Gasteiger partial charge is 0.192 e. The first-order chi connectivity index (χ1) is 15.7. The molecule has 160 valence electrons. The Bertz CT molecular complexity index is 1300. The van der Waals surface area contributed by atoms with Crippen molar-refractivity contribution in [2.45, 2.75) is 17.8 Å². The fourth-order valence-electron chi connectivity index (χ4n) is 3.67. The molecule has 0 aliphatic carbocycles. The predicted octanol–water partition coefficient (Wildman–Crippen LogP) is 5.10. The summed E-state index contributed by atoms with van der Waals surface area (Å²) < 4.78 is 13.9. The average molecular weight is 444 g/mol. The number of carbonyl (C=O) groups excluding carboxylic acids is 1. The molecule has 0 fully saturated rings. The molecule has 0 radical (unpaired) electrons. The summed E-state index contributed by atoms with van der Waals surface area (Å²) in [5.41, 5.74) is 0.687. The van der Waals surface area contributed by atoms with Crippen molar-refractivity contribution in [3.05, 3.63) is 90.8 Å². The third-order valence-electron chi connectivity index (χ3n) is 5.26. The fraction of sp³-hybridized carbons (Fsp3) is 0.160. The maximum Gasteiger partial charge on any atom is 0.192 e. The van der Waals surface area contributed by atoms with Gasteiger partial charge in [-0.25, -0.2) is 0 Å². The number of rotatable bonds is 7. The zero-order valence-corrected chi connectivity index (χ0v) is 18.1. The number of ketones is 1. The Kier molecular flexibility index (Phi) is 5.64. The monoisotopic (exact) mass is 443 g/mol. The second kappa shape index (κ2) is 8.88. The molecule has 1 aromatic heterocycles. The van der Waals surface area contributed by atoms with Crippen LogP contribution in [0.25, 0.3) is 10.8 Å². The molecule has 4 aromatic rings. The van der Waals surface area contributed by atoms with Crippen LogP contribution in [0.15, 0.2) is 84.5 Å². The predicted molar refractivity (Wildman–Crippen MR) is 125 cm³/mol. The van der Waals surface area contributed by atoms with Crippen LogP contribution in [0.4, 0.5) is 0 Å². The number of allylic oxidation sites excluding steroid dienone is 1. The van der Waals surface area contributed by atoms with Crippen molar-refractivity contribution < 1.29 is 14.3 Å². The first-order valence-corrected chi connectivity index (χ1v) is 11.3. The maximum atomic E-state index is 12.8. The molecule has 7 heteroatoms. The van der Waals surface area contributed by atoms with Crippen LogP contribution in [0.5, 0.6) is 11.5 Å². The van der Waals surface area contributed by atoms with E-state index in [-0.39, 0.29) is 17.6 Å². The van der Waals surface area contributed by atoms with Gasteiger partial charge in [0.15, 0.2) is 34.4 Å². The number of benzene rings is 3. The Labute approximate surface area is 189 Å². The first kappa shape index (κ1) is 20.3. The minimum Gasteiger partial charge on any atom is -0.485 e. The van der Waals surface area contributed by atoms with E-state index < -0.39 is 0 Å². The van der Waals surface area contributed by atoms with Crippen LogP contribution in [0.3, 0.4) is 0 Å². The molecule has 0 saturated carbocycles. The van der Waals surface area contributed by atoms with E-state index in [4.69, 9.17) is 9.47 Å². The molecule has 0 spiro atoms. The number of Topliss-reactive ketones (excluding diaryl/α,β-unsaturated/α-hetero) is 1. The molecule has 2 heterocycles. The highest BCUT2D eigenvalue weighted by Crippen LogP contribution is 2.36. The van der Waals surface area contributed by atoms with Gasteiger partial charge in [0.05, 0.1) is 5.75 Å². The Morgan fingerprint density at radius 3 is 2.69 bits per heavy atom. The lowest BCUT2D eigenvalue weighted by Crippen LogP contribution is -2.25. The molecule has 5 rings (SSSR count). The van der Waals surface area contributed by atoms with Crippen molar-refractivity contribution in [3.8, 4) is 11.5 Å². The normalized spacial score (nSPS) is 14.9. The summed E-state index contributed by atoms with van der Waals surface area (Å²) in [6, 6.07) is 21.3. The molecular formula is C25H21N3O3S. The van der Waals surface area contributed by atoms with Crippen LogP contribution in [0.1, 0.15) is 22.3 Å². The quantitative estimate of drug-likeness (QED) is 0.225. The van der Waals surface area contributed by atoms with Crippen molar-refractivity contribution in [2.75, 3.05) is 12.4 Å². The summed E-state index contributed by atoms with van der Waals surface area (Å²) in [5, 5.41) is 11.5. The fourth-order valence-corrected chi connectivity index (χ4v) is 4.52. The van der Waals surface area contributed by atoms with Gasteiger partial charge in [-0.05, 0) is 29.0 Å². The summed E-state index contributed by atoms with van der Waals surface area (Å²) in [5.74, 6) is 2.35. The van der Waals surface area contributed by atoms with E-state index in [9.17, 15) is 4.79 Å². The highest BCUT2D eigenvalue weighted by atomic mass is 32.2. The number of hydrogen-bond acceptors (Lipinski definition) is 6. The van der Waals surface area contributed by atoms with E-state index in [0.717, 1.165) is 10.8 Å². The molecule has 0 bridgehead atoms. The zero-order chi connectivity index (χ0) is 21.9. The number of thioether (sulfide) groups is 1. The van der Waals surface area contributed by atoms with Gasteiger partial charge in [0.25, 0.3) is 0 Å². The van der Waals surface area contributed by atoms with Gasteiger partial charge in [0.1, 0.15) is 6.61 Å². The molecule has 32 heavy (non-hydrogen) atoms. The third kappa shape index (κ3) is 3.99. The highest BCUT2D eigenvalue weighted by Gasteiger charge is 2.28. The number of hydrogen-bond donors (Lipinski definition) is 0. The van der Waals surface area contributed by atoms with Gasteiger partial charge in [-0.1, -0.05) is 66.4 Å². The van der Waals surface area contributed by atoms with E-state index in [1.165, 1.54) is 11.8 Å². The zero-order valence-electron chi connectivity index (χ0n) is 17.3. The van der Waals surface area contributed by atoms with Crippen LogP contribution in [0.2, 0.25) is 0 Å². The average Bonchev–Trinajstić information content (AvgIpc) is 3.24. The molecule has 0 unspecified atom stereocenters. The number of nitrogens with zero attached hydrogens (tertiary/aromatic N) is 3. The number of fused-ring (bicyclic) bond motifs is 2. The second-order valence-electron chi connectivity index (χ2n) is 7.38. The number of para-hydroxylation sites is 2. The van der Waals surface area contributed by atoms with Crippen LogP contribution >= 0.6 is 11.8 Å². The van der Waals surface area contributed by atoms with Gasteiger partial charge in [-0.3, -0.25) is 9.36 Å². The molecular weight excluding hydrogens is 422 g/mol. The van der Waals surface area contributed by atoms with Gasteiger partial charge >= 0.3 is 0 Å². The summed E-state index contributed by atoms with van der Waals surface area (Å²) in [6.07, 6.45) is 1.39. The van der Waals surface area contributed by atoms with E-state index in [2.05, 4.69) is 16.8 Å². The van der Waals surface area contributed by atoms with Crippen molar-refractivity contribution in [1.29, 1.82) is 0 Å². The Balaban J connectivity index is 1.33. The molecule has 6 nitrogen and oxygen atoms in total. The SMILES string of the molecule is C=CCn1c(SCC(=O)c2ccc3ccccc3c2)nnc1[C@@H]1COc2ccccc2O1. The highest BCUT2D eigenvalue weighted by molar-refractivity contribution is 7.99. The van der Waals surface area contributed by atoms with Gasteiger partial charge in [-0.15, -0.1) is 16.8 Å². The van der Waals surface area contributed by atoms with Crippen LogP contribution in [0, 0.1) is 0 Å². The Morgan fingerprint density at radius 2 is 1.84 bits per heavy atom. The number of ether oxygens (including phenoxy) is 2. The minimum atomic E-state index is -0.386. The maximum absolute atomic E-state index is 12.8. The molecule has 1 aliphatic rings. The van der Waals surface area contributed by atoms with Crippen molar-refractivity contribution in [1.82, 2.24) is 14.8 Å². The summed E-state index contributed by atoms with van der Waals surface area (Å²) in [7, 11) is 0. The minimum absolute atomic E-state index is 0.0432. The summed E-state index contributed by atoms with van der Waals surface area (Å²) in [6.45, 7) is 4.70. The first-order valence-electron chi connectivity index (χ1n) is 10.3. The molecule has 0 N–H and O–H groups in total. The second-order valence-corrected chi connectivity index (χ2v) is 8.32. The lowest BCUT2D eigenvalue weighted by Gasteiger charge is -2.26. The standard InChI is InChI=1S/C25H21N3O3S/c1-2-13-28-24(23-15-30-21-9-5-6-10-22(21)31-23)26-27-25(28)32-16-20(29)19-12-11-17-7-3-4-8-18(17)14-19/h2-12,14,23H,1,13,15-16H2/t23-/m0/s1.